The van der Waals surface area contributed by atoms with Crippen LogP contribution in [0.15, 0.2) is 48.5 Å². The maximum atomic E-state index is 12.9. The van der Waals surface area contributed by atoms with E-state index in [1.54, 1.807) is 0 Å². The van der Waals surface area contributed by atoms with Crippen molar-refractivity contribution in [2.45, 2.75) is 12.3 Å². The highest BCUT2D eigenvalue weighted by atomic mass is 19.1. The molecule has 19 heavy (non-hydrogen) atoms. The highest BCUT2D eigenvalue weighted by Gasteiger charge is 2.37. The molecule has 2 unspecified atom stereocenters. The van der Waals surface area contributed by atoms with Crippen LogP contribution in [-0.2, 0) is 0 Å². The van der Waals surface area contributed by atoms with Gasteiger partial charge in [-0.05, 0) is 60.7 Å². The first-order chi connectivity index (χ1) is 9.28. The van der Waals surface area contributed by atoms with Gasteiger partial charge >= 0.3 is 0 Å². The third kappa shape index (κ3) is 2.69. The maximum absolute atomic E-state index is 12.9. The van der Waals surface area contributed by atoms with Crippen molar-refractivity contribution < 1.29 is 4.39 Å². The zero-order valence-corrected chi connectivity index (χ0v) is 11.1. The molecule has 2 heteroatoms. The van der Waals surface area contributed by atoms with Gasteiger partial charge in [0.15, 0.2) is 0 Å². The molecule has 98 valence electrons. The van der Waals surface area contributed by atoms with Crippen LogP contribution >= 0.6 is 0 Å². The van der Waals surface area contributed by atoms with Gasteiger partial charge in [0.2, 0.25) is 0 Å². The Morgan fingerprint density at radius 1 is 1.00 bits per heavy atom. The molecule has 1 fully saturated rings. The second kappa shape index (κ2) is 5.14. The Morgan fingerprint density at radius 2 is 1.58 bits per heavy atom. The highest BCUT2D eigenvalue weighted by Crippen LogP contribution is 2.47. The highest BCUT2D eigenvalue weighted by molar-refractivity contribution is 5.63. The molecule has 2 aromatic carbocycles. The summed E-state index contributed by atoms with van der Waals surface area (Å²) in [5, 5.41) is 3.24. The zero-order chi connectivity index (χ0) is 13.2. The second-order valence-corrected chi connectivity index (χ2v) is 5.29. The first-order valence-corrected chi connectivity index (χ1v) is 6.78. The summed E-state index contributed by atoms with van der Waals surface area (Å²) >= 11 is 0. The monoisotopic (exact) mass is 255 g/mol. The lowest BCUT2D eigenvalue weighted by molar-refractivity contribution is 0.628. The van der Waals surface area contributed by atoms with Gasteiger partial charge in [-0.2, -0.15) is 0 Å². The lowest BCUT2D eigenvalue weighted by atomic mass is 10.0. The number of halogens is 1. The summed E-state index contributed by atoms with van der Waals surface area (Å²) in [6.07, 6.45) is 1.29. The fourth-order valence-corrected chi connectivity index (χ4v) is 2.71. The number of benzene rings is 2. The SMILES string of the molecule is CNCC1CC1c1ccc(-c2ccc(F)cc2)cc1. The molecule has 0 bridgehead atoms. The summed E-state index contributed by atoms with van der Waals surface area (Å²) in [7, 11) is 2.01. The van der Waals surface area contributed by atoms with Crippen LogP contribution in [0.4, 0.5) is 4.39 Å². The van der Waals surface area contributed by atoms with E-state index in [1.165, 1.54) is 24.1 Å². The van der Waals surface area contributed by atoms with Crippen LogP contribution in [-0.4, -0.2) is 13.6 Å². The summed E-state index contributed by atoms with van der Waals surface area (Å²) in [5.74, 6) is 1.32. The van der Waals surface area contributed by atoms with Crippen LogP contribution in [0.1, 0.15) is 17.9 Å². The van der Waals surface area contributed by atoms with E-state index in [-0.39, 0.29) is 5.82 Å². The molecule has 0 radical (unpaired) electrons. The summed E-state index contributed by atoms with van der Waals surface area (Å²) in [5.41, 5.74) is 3.64. The van der Waals surface area contributed by atoms with Crippen molar-refractivity contribution >= 4 is 0 Å². The third-order valence-electron chi connectivity index (χ3n) is 3.91. The Bertz CT molecular complexity index is 544. The van der Waals surface area contributed by atoms with E-state index in [0.29, 0.717) is 0 Å². The molecule has 1 aliphatic carbocycles. The summed E-state index contributed by atoms with van der Waals surface area (Å²) in [6, 6.07) is 15.4. The molecule has 1 nitrogen and oxygen atoms in total. The molecule has 1 N–H and O–H groups in total. The minimum atomic E-state index is -0.187. The largest absolute Gasteiger partial charge is 0.319 e. The van der Waals surface area contributed by atoms with Gasteiger partial charge in [-0.1, -0.05) is 36.4 Å². The molecule has 1 aliphatic rings. The van der Waals surface area contributed by atoms with Gasteiger partial charge in [-0.15, -0.1) is 0 Å². The summed E-state index contributed by atoms with van der Waals surface area (Å²) in [6.45, 7) is 1.10. The molecule has 0 aliphatic heterocycles. The van der Waals surface area contributed by atoms with E-state index in [1.807, 2.05) is 19.2 Å². The molecule has 2 aromatic rings. The van der Waals surface area contributed by atoms with Gasteiger partial charge in [-0.3, -0.25) is 0 Å². The molecular weight excluding hydrogens is 237 g/mol. The Kier molecular flexibility index (Phi) is 3.34. The minimum Gasteiger partial charge on any atom is -0.319 e. The van der Waals surface area contributed by atoms with Crippen molar-refractivity contribution in [2.75, 3.05) is 13.6 Å². The normalized spacial score (nSPS) is 21.4. The molecule has 0 spiro atoms. The Labute approximate surface area is 113 Å². The Balaban J connectivity index is 1.74. The number of hydrogen-bond acceptors (Lipinski definition) is 1. The number of rotatable bonds is 4. The van der Waals surface area contributed by atoms with Gasteiger partial charge in [-0.25, -0.2) is 4.39 Å². The lowest BCUT2D eigenvalue weighted by Crippen LogP contribution is -2.10. The number of nitrogens with one attached hydrogen (secondary N) is 1. The van der Waals surface area contributed by atoms with Crippen molar-refractivity contribution in [3.63, 3.8) is 0 Å². The van der Waals surface area contributed by atoms with Crippen molar-refractivity contribution in [1.82, 2.24) is 5.32 Å². The van der Waals surface area contributed by atoms with E-state index in [4.69, 9.17) is 0 Å². The lowest BCUT2D eigenvalue weighted by Gasteiger charge is -2.04. The fourth-order valence-electron chi connectivity index (χ4n) is 2.71. The maximum Gasteiger partial charge on any atom is 0.123 e. The standard InChI is InChI=1S/C17H18FN/c1-19-11-15-10-17(15)14-4-2-12(3-5-14)13-6-8-16(18)9-7-13/h2-9,15,17,19H,10-11H2,1H3. The van der Waals surface area contributed by atoms with Gasteiger partial charge in [0, 0.05) is 0 Å². The smallest absolute Gasteiger partial charge is 0.123 e. The predicted molar refractivity (Wildman–Crippen MR) is 76.6 cm³/mol. The van der Waals surface area contributed by atoms with E-state index >= 15 is 0 Å². The van der Waals surface area contributed by atoms with E-state index in [2.05, 4.69) is 29.6 Å². The quantitative estimate of drug-likeness (QED) is 0.876. The molecule has 1 saturated carbocycles. The minimum absolute atomic E-state index is 0.187. The first-order valence-electron chi connectivity index (χ1n) is 6.78. The van der Waals surface area contributed by atoms with E-state index in [9.17, 15) is 4.39 Å². The van der Waals surface area contributed by atoms with Crippen molar-refractivity contribution in [1.29, 1.82) is 0 Å². The van der Waals surface area contributed by atoms with Crippen molar-refractivity contribution in [2.24, 2.45) is 5.92 Å². The molecule has 0 saturated heterocycles. The van der Waals surface area contributed by atoms with Gasteiger partial charge in [0.25, 0.3) is 0 Å². The van der Waals surface area contributed by atoms with Crippen LogP contribution in [0.25, 0.3) is 11.1 Å². The van der Waals surface area contributed by atoms with Crippen LogP contribution in [0.2, 0.25) is 0 Å². The van der Waals surface area contributed by atoms with Crippen LogP contribution in [0.3, 0.4) is 0 Å². The summed E-state index contributed by atoms with van der Waals surface area (Å²) in [4.78, 5) is 0. The molecule has 0 heterocycles. The van der Waals surface area contributed by atoms with Crippen LogP contribution in [0, 0.1) is 11.7 Å². The molecule has 0 amide bonds. The predicted octanol–water partition coefficient (Wildman–Crippen LogP) is 3.82. The fraction of sp³-hybridized carbons (Fsp3) is 0.294. The molecular formula is C17H18FN. The van der Waals surface area contributed by atoms with Gasteiger partial charge in [0.1, 0.15) is 5.82 Å². The van der Waals surface area contributed by atoms with Crippen LogP contribution < -0.4 is 5.32 Å². The Morgan fingerprint density at radius 3 is 2.16 bits per heavy atom. The average Bonchev–Trinajstić information content (AvgIpc) is 3.20. The van der Waals surface area contributed by atoms with Crippen molar-refractivity contribution in [3.05, 3.63) is 59.9 Å². The number of hydrogen-bond donors (Lipinski definition) is 1. The second-order valence-electron chi connectivity index (χ2n) is 5.29. The Hall–Kier alpha value is -1.67. The molecule has 0 aromatic heterocycles. The first kappa shape index (κ1) is 12.4. The third-order valence-corrected chi connectivity index (χ3v) is 3.91. The topological polar surface area (TPSA) is 12.0 Å². The van der Waals surface area contributed by atoms with E-state index < -0.39 is 0 Å². The van der Waals surface area contributed by atoms with Gasteiger partial charge < -0.3 is 5.32 Å². The summed E-state index contributed by atoms with van der Waals surface area (Å²) < 4.78 is 12.9. The van der Waals surface area contributed by atoms with E-state index in [0.717, 1.165) is 29.5 Å². The molecule has 2 atom stereocenters. The van der Waals surface area contributed by atoms with Crippen molar-refractivity contribution in [3.8, 4) is 11.1 Å². The van der Waals surface area contributed by atoms with Gasteiger partial charge in [0.05, 0.1) is 0 Å². The van der Waals surface area contributed by atoms with Crippen LogP contribution in [0.5, 0.6) is 0 Å². The zero-order valence-electron chi connectivity index (χ0n) is 11.1. The average molecular weight is 255 g/mol. The molecule has 3 rings (SSSR count).